The van der Waals surface area contributed by atoms with E-state index in [0.717, 1.165) is 5.56 Å². The lowest BCUT2D eigenvalue weighted by molar-refractivity contribution is 0.0743. The number of halogens is 1. The van der Waals surface area contributed by atoms with Gasteiger partial charge in [0.15, 0.2) is 17.2 Å². The van der Waals surface area contributed by atoms with E-state index in [4.69, 9.17) is 21.1 Å². The van der Waals surface area contributed by atoms with Crippen LogP contribution >= 0.6 is 11.6 Å². The first-order valence-electron chi connectivity index (χ1n) is 9.75. The zero-order chi connectivity index (χ0) is 22.5. The molecule has 162 valence electrons. The van der Waals surface area contributed by atoms with Crippen molar-refractivity contribution < 1.29 is 14.3 Å². The van der Waals surface area contributed by atoms with Crippen molar-refractivity contribution >= 4 is 17.5 Å². The highest BCUT2D eigenvalue weighted by molar-refractivity contribution is 6.32. The van der Waals surface area contributed by atoms with Gasteiger partial charge >= 0.3 is 0 Å². The number of carbonyl (C=O) groups excluding carboxylic acids is 1. The minimum absolute atomic E-state index is 0.159. The summed E-state index contributed by atoms with van der Waals surface area (Å²) in [7, 11) is 3.12. The number of para-hydroxylation sites is 1. The largest absolute Gasteiger partial charge is 0.493 e. The van der Waals surface area contributed by atoms with Gasteiger partial charge in [-0.3, -0.25) is 9.59 Å². The summed E-state index contributed by atoms with van der Waals surface area (Å²) in [4.78, 5) is 27.4. The molecule has 0 bridgehead atoms. The van der Waals surface area contributed by atoms with Crippen molar-refractivity contribution in [3.05, 3.63) is 80.7 Å². The molecule has 7 nitrogen and oxygen atoms in total. The van der Waals surface area contributed by atoms with Crippen LogP contribution < -0.4 is 14.9 Å². The first-order valence-corrected chi connectivity index (χ1v) is 10.1. The summed E-state index contributed by atoms with van der Waals surface area (Å²) in [6, 6.07) is 14.0. The molecule has 0 unspecified atom stereocenters. The van der Waals surface area contributed by atoms with Crippen LogP contribution in [0.4, 0.5) is 0 Å². The fraction of sp³-hybridized carbons (Fsp3) is 0.261. The Morgan fingerprint density at radius 3 is 2.45 bits per heavy atom. The zero-order valence-electron chi connectivity index (χ0n) is 17.9. The van der Waals surface area contributed by atoms with Gasteiger partial charge < -0.3 is 14.4 Å². The molecule has 0 aliphatic rings. The maximum absolute atomic E-state index is 13.2. The molecule has 1 amide bonds. The Hall–Kier alpha value is -3.32. The fourth-order valence-corrected chi connectivity index (χ4v) is 3.46. The molecule has 0 saturated heterocycles. The van der Waals surface area contributed by atoms with Gasteiger partial charge in [0.2, 0.25) is 5.43 Å². The van der Waals surface area contributed by atoms with Crippen LogP contribution in [0.15, 0.2) is 53.3 Å². The number of aromatic nitrogens is 2. The Labute approximate surface area is 185 Å². The van der Waals surface area contributed by atoms with Crippen molar-refractivity contribution in [1.29, 1.82) is 0 Å². The van der Waals surface area contributed by atoms with E-state index in [1.165, 1.54) is 10.7 Å². The van der Waals surface area contributed by atoms with Crippen LogP contribution in [0.1, 0.15) is 28.7 Å². The molecule has 0 aliphatic carbocycles. The van der Waals surface area contributed by atoms with Crippen molar-refractivity contribution in [1.82, 2.24) is 14.7 Å². The molecule has 1 aromatic heterocycles. The molecule has 0 fully saturated rings. The molecular formula is C23H24ClN3O4. The lowest BCUT2D eigenvalue weighted by Crippen LogP contribution is -2.36. The number of hydrogen-bond donors (Lipinski definition) is 0. The highest BCUT2D eigenvalue weighted by Crippen LogP contribution is 2.28. The molecule has 2 aromatic carbocycles. The monoisotopic (exact) mass is 441 g/mol. The highest BCUT2D eigenvalue weighted by atomic mass is 35.5. The van der Waals surface area contributed by atoms with Crippen LogP contribution in [-0.4, -0.2) is 41.4 Å². The summed E-state index contributed by atoms with van der Waals surface area (Å²) in [5.74, 6) is 0.713. The predicted octanol–water partition coefficient (Wildman–Crippen LogP) is 3.87. The summed E-state index contributed by atoms with van der Waals surface area (Å²) < 4.78 is 12.1. The predicted molar refractivity (Wildman–Crippen MR) is 120 cm³/mol. The molecule has 31 heavy (non-hydrogen) atoms. The van der Waals surface area contributed by atoms with Crippen molar-refractivity contribution in [2.24, 2.45) is 0 Å². The molecular weight excluding hydrogens is 418 g/mol. The second kappa shape index (κ2) is 9.66. The summed E-state index contributed by atoms with van der Waals surface area (Å²) in [5, 5.41) is 4.83. The number of hydrogen-bond acceptors (Lipinski definition) is 5. The number of rotatable bonds is 7. The van der Waals surface area contributed by atoms with Crippen molar-refractivity contribution in [2.75, 3.05) is 20.8 Å². The minimum Gasteiger partial charge on any atom is -0.493 e. The maximum Gasteiger partial charge on any atom is 0.278 e. The first kappa shape index (κ1) is 22.4. The molecule has 0 saturated carbocycles. The summed E-state index contributed by atoms with van der Waals surface area (Å²) in [6.45, 7) is 4.28. The zero-order valence-corrected chi connectivity index (χ0v) is 18.6. The molecule has 3 aromatic rings. The average Bonchev–Trinajstić information content (AvgIpc) is 2.77. The number of amides is 1. The molecule has 3 rings (SSSR count). The van der Waals surface area contributed by atoms with Crippen LogP contribution in [0.25, 0.3) is 5.69 Å². The number of benzene rings is 2. The van der Waals surface area contributed by atoms with E-state index >= 15 is 0 Å². The second-order valence-corrected chi connectivity index (χ2v) is 7.28. The summed E-state index contributed by atoms with van der Waals surface area (Å²) in [6.07, 6.45) is 0. The normalized spacial score (nSPS) is 10.6. The van der Waals surface area contributed by atoms with E-state index in [0.29, 0.717) is 34.4 Å². The molecule has 1 heterocycles. The summed E-state index contributed by atoms with van der Waals surface area (Å²) in [5.41, 5.74) is 1.42. The quantitative estimate of drug-likeness (QED) is 0.556. The molecule has 0 N–H and O–H groups in total. The number of aryl methyl sites for hydroxylation is 1. The van der Waals surface area contributed by atoms with Crippen LogP contribution in [0, 0.1) is 6.92 Å². The third-order valence-corrected chi connectivity index (χ3v) is 5.20. The highest BCUT2D eigenvalue weighted by Gasteiger charge is 2.22. The Bertz CT molecular complexity index is 1160. The Kier molecular flexibility index (Phi) is 6.97. The summed E-state index contributed by atoms with van der Waals surface area (Å²) >= 11 is 6.30. The standard InChI is InChI=1S/C23H24ClN3O4/c1-5-26(14-16-10-11-20(30-3)21(13-16)31-4)23(29)22-19(28)12-15(2)27(25-22)18-9-7-6-8-17(18)24/h6-13H,5,14H2,1-4H3. The van der Waals surface area contributed by atoms with Gasteiger partial charge in [-0.1, -0.05) is 29.8 Å². The van der Waals surface area contributed by atoms with E-state index in [1.807, 2.05) is 19.1 Å². The van der Waals surface area contributed by atoms with E-state index in [-0.39, 0.29) is 12.2 Å². The van der Waals surface area contributed by atoms with Gasteiger partial charge in [-0.25, -0.2) is 4.68 Å². The molecule has 0 radical (unpaired) electrons. The van der Waals surface area contributed by atoms with Gasteiger partial charge in [0, 0.05) is 24.8 Å². The van der Waals surface area contributed by atoms with E-state index in [2.05, 4.69) is 5.10 Å². The topological polar surface area (TPSA) is 73.7 Å². The third-order valence-electron chi connectivity index (χ3n) is 4.88. The molecule has 0 atom stereocenters. The number of carbonyl (C=O) groups is 1. The smallest absolute Gasteiger partial charge is 0.278 e. The Morgan fingerprint density at radius 1 is 1.10 bits per heavy atom. The van der Waals surface area contributed by atoms with Gasteiger partial charge in [-0.15, -0.1) is 0 Å². The van der Waals surface area contributed by atoms with Crippen LogP contribution in [0.3, 0.4) is 0 Å². The first-order chi connectivity index (χ1) is 14.9. The minimum atomic E-state index is -0.455. The lowest BCUT2D eigenvalue weighted by Gasteiger charge is -2.22. The van der Waals surface area contributed by atoms with Crippen LogP contribution in [0.5, 0.6) is 11.5 Å². The van der Waals surface area contributed by atoms with E-state index < -0.39 is 11.3 Å². The number of ether oxygens (including phenoxy) is 2. The average molecular weight is 442 g/mol. The van der Waals surface area contributed by atoms with Gasteiger partial charge in [0.1, 0.15) is 0 Å². The van der Waals surface area contributed by atoms with Crippen molar-refractivity contribution in [3.63, 3.8) is 0 Å². The van der Waals surface area contributed by atoms with Gasteiger partial charge in [0.05, 0.1) is 24.9 Å². The van der Waals surface area contributed by atoms with Gasteiger partial charge in [-0.05, 0) is 43.7 Å². The van der Waals surface area contributed by atoms with Crippen molar-refractivity contribution in [3.8, 4) is 17.2 Å². The molecule has 0 aliphatic heterocycles. The maximum atomic E-state index is 13.2. The number of nitrogens with zero attached hydrogens (tertiary/aromatic N) is 3. The Balaban J connectivity index is 1.96. The molecule has 0 spiro atoms. The van der Waals surface area contributed by atoms with Gasteiger partial charge in [-0.2, -0.15) is 5.10 Å². The van der Waals surface area contributed by atoms with Crippen LogP contribution in [-0.2, 0) is 6.54 Å². The molecule has 8 heteroatoms. The Morgan fingerprint density at radius 2 is 1.81 bits per heavy atom. The second-order valence-electron chi connectivity index (χ2n) is 6.87. The third kappa shape index (κ3) is 4.72. The lowest BCUT2D eigenvalue weighted by atomic mass is 10.1. The van der Waals surface area contributed by atoms with E-state index in [9.17, 15) is 9.59 Å². The SMILES string of the molecule is CCN(Cc1ccc(OC)c(OC)c1)C(=O)c1nn(-c2ccccc2Cl)c(C)cc1=O. The van der Waals surface area contributed by atoms with Crippen molar-refractivity contribution in [2.45, 2.75) is 20.4 Å². The number of methoxy groups -OCH3 is 2. The van der Waals surface area contributed by atoms with Gasteiger partial charge in [0.25, 0.3) is 5.91 Å². The van der Waals surface area contributed by atoms with Crippen LogP contribution in [0.2, 0.25) is 5.02 Å². The fourth-order valence-electron chi connectivity index (χ4n) is 3.24. The van der Waals surface area contributed by atoms with E-state index in [1.54, 1.807) is 56.4 Å².